The molecule has 0 saturated carbocycles. The van der Waals surface area contributed by atoms with E-state index in [2.05, 4.69) is 20.7 Å². The third-order valence-electron chi connectivity index (χ3n) is 3.14. The minimum absolute atomic E-state index is 0.190. The highest BCUT2D eigenvalue weighted by Crippen LogP contribution is 2.34. The highest BCUT2D eigenvalue weighted by Gasteiger charge is 2.15. The lowest BCUT2D eigenvalue weighted by molar-refractivity contribution is 0.101. The summed E-state index contributed by atoms with van der Waals surface area (Å²) in [6, 6.07) is 6.97. The largest absolute Gasteiger partial charge is 0.493 e. The maximum atomic E-state index is 12.0. The summed E-state index contributed by atoms with van der Waals surface area (Å²) in [7, 11) is 3.13. The lowest BCUT2D eigenvalue weighted by atomic mass is 10.2. The van der Waals surface area contributed by atoms with E-state index >= 15 is 0 Å². The van der Waals surface area contributed by atoms with E-state index in [0.29, 0.717) is 27.4 Å². The van der Waals surface area contributed by atoms with Gasteiger partial charge in [-0.2, -0.15) is 0 Å². The van der Waals surface area contributed by atoms with Crippen molar-refractivity contribution >= 4 is 22.4 Å². The van der Waals surface area contributed by atoms with Gasteiger partial charge >= 0.3 is 0 Å². The second kappa shape index (κ2) is 6.67. The molecule has 0 fully saturated rings. The molecule has 2 aromatic heterocycles. The van der Waals surface area contributed by atoms with Crippen LogP contribution in [-0.2, 0) is 0 Å². The quantitative estimate of drug-likeness (QED) is 0.758. The van der Waals surface area contributed by atoms with Gasteiger partial charge in [-0.05, 0) is 25.1 Å². The van der Waals surface area contributed by atoms with Gasteiger partial charge in [0.05, 0.1) is 14.2 Å². The molecule has 9 heteroatoms. The molecule has 0 bridgehead atoms. The molecular formula is C15H14N4O4S. The number of carbonyl (C=O) groups is 1. The topological polar surface area (TPSA) is 99.4 Å². The van der Waals surface area contributed by atoms with Gasteiger partial charge in [0.15, 0.2) is 17.2 Å². The summed E-state index contributed by atoms with van der Waals surface area (Å²) >= 11 is 1.24. The number of aryl methyl sites for hydroxylation is 1. The van der Waals surface area contributed by atoms with E-state index in [9.17, 15) is 4.79 Å². The number of amides is 1. The van der Waals surface area contributed by atoms with Gasteiger partial charge in [-0.1, -0.05) is 16.5 Å². The molecule has 3 rings (SSSR count). The zero-order chi connectivity index (χ0) is 17.1. The van der Waals surface area contributed by atoms with Crippen LogP contribution in [0.3, 0.4) is 0 Å². The van der Waals surface area contributed by atoms with Crippen LogP contribution in [0.25, 0.3) is 10.6 Å². The first kappa shape index (κ1) is 15.9. The summed E-state index contributed by atoms with van der Waals surface area (Å²) in [4.78, 5) is 12.0. The number of hydrogen-bond acceptors (Lipinski definition) is 8. The Morgan fingerprint density at radius 1 is 1.17 bits per heavy atom. The molecular weight excluding hydrogens is 332 g/mol. The Morgan fingerprint density at radius 2 is 1.96 bits per heavy atom. The number of nitrogens with one attached hydrogen (secondary N) is 1. The van der Waals surface area contributed by atoms with Crippen LogP contribution >= 0.6 is 11.3 Å². The molecule has 0 radical (unpaired) electrons. The third kappa shape index (κ3) is 3.20. The van der Waals surface area contributed by atoms with E-state index in [1.54, 1.807) is 39.3 Å². The van der Waals surface area contributed by atoms with E-state index in [4.69, 9.17) is 14.0 Å². The second-order valence-corrected chi connectivity index (χ2v) is 5.74. The molecule has 0 aliphatic carbocycles. The molecule has 1 N–H and O–H groups in total. The summed E-state index contributed by atoms with van der Waals surface area (Å²) < 4.78 is 15.4. The van der Waals surface area contributed by atoms with Crippen molar-refractivity contribution in [2.24, 2.45) is 0 Å². The number of aromatic nitrogens is 3. The number of benzene rings is 1. The van der Waals surface area contributed by atoms with E-state index in [-0.39, 0.29) is 5.69 Å². The van der Waals surface area contributed by atoms with Gasteiger partial charge < -0.3 is 14.0 Å². The average molecular weight is 346 g/mol. The number of carbonyl (C=O) groups excluding carboxylic acids is 1. The summed E-state index contributed by atoms with van der Waals surface area (Å²) in [5.41, 5.74) is 0.998. The first-order valence-electron chi connectivity index (χ1n) is 6.91. The minimum Gasteiger partial charge on any atom is -0.493 e. The molecule has 1 amide bonds. The number of hydrogen-bond donors (Lipinski definition) is 1. The predicted octanol–water partition coefficient (Wildman–Crippen LogP) is 2.77. The highest BCUT2D eigenvalue weighted by atomic mass is 32.1. The number of methoxy groups -OCH3 is 2. The van der Waals surface area contributed by atoms with Crippen LogP contribution < -0.4 is 14.8 Å². The summed E-state index contributed by atoms with van der Waals surface area (Å²) in [6.45, 7) is 1.71. The van der Waals surface area contributed by atoms with Crippen LogP contribution in [0.2, 0.25) is 0 Å². The van der Waals surface area contributed by atoms with Gasteiger partial charge in [-0.3, -0.25) is 10.1 Å². The normalized spacial score (nSPS) is 10.5. The van der Waals surface area contributed by atoms with Crippen molar-refractivity contribution in [2.45, 2.75) is 6.92 Å². The Labute approximate surface area is 141 Å². The van der Waals surface area contributed by atoms with Crippen LogP contribution in [0, 0.1) is 6.92 Å². The lowest BCUT2D eigenvalue weighted by Crippen LogP contribution is -2.11. The fourth-order valence-corrected chi connectivity index (χ4v) is 2.73. The van der Waals surface area contributed by atoms with Gasteiger partial charge in [0.2, 0.25) is 5.13 Å². The standard InChI is InChI=1S/C15H14N4O4S/c1-8-6-10(19-23-8)13(20)16-15-18-17-14(24-15)9-4-5-11(21-2)12(7-9)22-3/h4-7H,1-3H3,(H,16,18,20). The highest BCUT2D eigenvalue weighted by molar-refractivity contribution is 7.18. The SMILES string of the molecule is COc1ccc(-c2nnc(NC(=O)c3cc(C)on3)s2)cc1OC. The third-order valence-corrected chi connectivity index (χ3v) is 4.02. The number of ether oxygens (including phenoxy) is 2. The van der Waals surface area contributed by atoms with Crippen molar-refractivity contribution in [3.63, 3.8) is 0 Å². The van der Waals surface area contributed by atoms with Gasteiger partial charge in [-0.25, -0.2) is 0 Å². The Hall–Kier alpha value is -2.94. The molecule has 0 spiro atoms. The fraction of sp³-hybridized carbons (Fsp3) is 0.200. The van der Waals surface area contributed by atoms with Crippen molar-refractivity contribution < 1.29 is 18.8 Å². The summed E-state index contributed by atoms with van der Waals surface area (Å²) in [6.07, 6.45) is 0. The molecule has 0 aliphatic heterocycles. The van der Waals surface area contributed by atoms with Crippen LogP contribution in [0.1, 0.15) is 16.2 Å². The summed E-state index contributed by atoms with van der Waals surface area (Å²) in [5, 5.41) is 15.4. The van der Waals surface area contributed by atoms with Crippen LogP contribution in [0.4, 0.5) is 5.13 Å². The van der Waals surface area contributed by atoms with Gasteiger partial charge in [-0.15, -0.1) is 10.2 Å². The molecule has 3 aromatic rings. The molecule has 24 heavy (non-hydrogen) atoms. The van der Waals surface area contributed by atoms with Crippen molar-refractivity contribution in [1.82, 2.24) is 15.4 Å². The predicted molar refractivity (Wildman–Crippen MR) is 87.6 cm³/mol. The molecule has 0 saturated heterocycles. The Bertz CT molecular complexity index is 874. The van der Waals surface area contributed by atoms with E-state index in [1.807, 2.05) is 6.07 Å². The Kier molecular flexibility index (Phi) is 4.43. The zero-order valence-electron chi connectivity index (χ0n) is 13.2. The number of rotatable bonds is 5. The minimum atomic E-state index is -0.401. The van der Waals surface area contributed by atoms with Crippen molar-refractivity contribution in [3.8, 4) is 22.1 Å². The molecule has 124 valence electrons. The van der Waals surface area contributed by atoms with Crippen LogP contribution in [0.15, 0.2) is 28.8 Å². The van der Waals surface area contributed by atoms with E-state index in [1.165, 1.54) is 11.3 Å². The second-order valence-electron chi connectivity index (χ2n) is 4.76. The molecule has 0 aliphatic rings. The monoisotopic (exact) mass is 346 g/mol. The smallest absolute Gasteiger partial charge is 0.279 e. The first-order chi connectivity index (χ1) is 11.6. The first-order valence-corrected chi connectivity index (χ1v) is 7.73. The van der Waals surface area contributed by atoms with Gasteiger partial charge in [0.25, 0.3) is 5.91 Å². The van der Waals surface area contributed by atoms with Gasteiger partial charge in [0, 0.05) is 11.6 Å². The Morgan fingerprint density at radius 3 is 2.62 bits per heavy atom. The Balaban J connectivity index is 1.79. The summed E-state index contributed by atoms with van der Waals surface area (Å²) in [5.74, 6) is 1.37. The average Bonchev–Trinajstić information content (AvgIpc) is 3.23. The molecule has 0 unspecified atom stereocenters. The van der Waals surface area contributed by atoms with E-state index in [0.717, 1.165) is 5.56 Å². The van der Waals surface area contributed by atoms with Crippen LogP contribution in [0.5, 0.6) is 11.5 Å². The molecule has 8 nitrogen and oxygen atoms in total. The van der Waals surface area contributed by atoms with Crippen molar-refractivity contribution in [2.75, 3.05) is 19.5 Å². The van der Waals surface area contributed by atoms with Gasteiger partial charge in [0.1, 0.15) is 10.8 Å². The molecule has 0 atom stereocenters. The maximum absolute atomic E-state index is 12.0. The maximum Gasteiger partial charge on any atom is 0.279 e. The zero-order valence-corrected chi connectivity index (χ0v) is 14.0. The fourth-order valence-electron chi connectivity index (χ4n) is 1.99. The van der Waals surface area contributed by atoms with Crippen LogP contribution in [-0.4, -0.2) is 35.5 Å². The molecule has 2 heterocycles. The number of nitrogens with zero attached hydrogens (tertiary/aromatic N) is 3. The van der Waals surface area contributed by atoms with Crippen molar-refractivity contribution in [3.05, 3.63) is 35.7 Å². The lowest BCUT2D eigenvalue weighted by Gasteiger charge is -2.07. The van der Waals surface area contributed by atoms with Crippen molar-refractivity contribution in [1.29, 1.82) is 0 Å². The van der Waals surface area contributed by atoms with E-state index < -0.39 is 5.91 Å². The number of anilines is 1. The molecule has 1 aromatic carbocycles.